The van der Waals surface area contributed by atoms with Crippen LogP contribution in [0.2, 0.25) is 0 Å². The van der Waals surface area contributed by atoms with Crippen molar-refractivity contribution in [1.29, 1.82) is 0 Å². The fourth-order valence-corrected chi connectivity index (χ4v) is 2.46. The van der Waals surface area contributed by atoms with Crippen molar-refractivity contribution in [3.05, 3.63) is 24.3 Å². The smallest absolute Gasteiger partial charge is 0.0234 e. The van der Waals surface area contributed by atoms with Gasteiger partial charge in [-0.3, -0.25) is 0 Å². The van der Waals surface area contributed by atoms with E-state index in [1.54, 1.807) is 0 Å². The number of hydrogen-bond acceptors (Lipinski definition) is 0. The van der Waals surface area contributed by atoms with Crippen molar-refractivity contribution in [2.75, 3.05) is 0 Å². The molecule has 1 fully saturated rings. The summed E-state index contributed by atoms with van der Waals surface area (Å²) < 4.78 is 0. The lowest BCUT2D eigenvalue weighted by Crippen LogP contribution is -1.93. The van der Waals surface area contributed by atoms with Crippen molar-refractivity contribution >= 4 is 0 Å². The Kier molecular flexibility index (Phi) is 12.2. The summed E-state index contributed by atoms with van der Waals surface area (Å²) in [5, 5.41) is 0. The van der Waals surface area contributed by atoms with E-state index in [9.17, 15) is 0 Å². The van der Waals surface area contributed by atoms with E-state index in [2.05, 4.69) is 33.9 Å². The van der Waals surface area contributed by atoms with Gasteiger partial charge in [0.15, 0.2) is 0 Å². The van der Waals surface area contributed by atoms with Crippen molar-refractivity contribution < 1.29 is 0 Å². The fourth-order valence-electron chi connectivity index (χ4n) is 2.46. The fraction of sp³-hybridized carbons (Fsp3) is 0.789. The van der Waals surface area contributed by atoms with E-state index in [1.807, 2.05) is 0 Å². The maximum Gasteiger partial charge on any atom is -0.0234 e. The molecule has 1 saturated carbocycles. The molecule has 0 aromatic carbocycles. The Bertz CT molecular complexity index is 236. The standard InChI is InChI=1S/C10H20.C9H16/c1-4-5-6-7-8-9-10(2)3;1-8-6-4-3-5-7-9(8)2/h2,4-9H2,1,3H3;9H,1,3-7H2,2H3. The highest BCUT2D eigenvalue weighted by Crippen LogP contribution is 2.25. The van der Waals surface area contributed by atoms with Crippen LogP contribution in [-0.2, 0) is 0 Å². The van der Waals surface area contributed by atoms with E-state index >= 15 is 0 Å². The Morgan fingerprint density at radius 2 is 1.79 bits per heavy atom. The second kappa shape index (κ2) is 12.5. The van der Waals surface area contributed by atoms with Gasteiger partial charge in [0.25, 0.3) is 0 Å². The summed E-state index contributed by atoms with van der Waals surface area (Å²) >= 11 is 0. The average Bonchev–Trinajstić information content (AvgIpc) is 2.55. The normalized spacial score (nSPS) is 19.3. The molecule has 0 radical (unpaired) electrons. The van der Waals surface area contributed by atoms with Gasteiger partial charge in [0.05, 0.1) is 0 Å². The molecular weight excluding hydrogens is 228 g/mol. The lowest BCUT2D eigenvalue weighted by molar-refractivity contribution is 0.597. The van der Waals surface area contributed by atoms with Crippen LogP contribution >= 0.6 is 0 Å². The molecule has 1 aliphatic rings. The second-order valence-corrected chi connectivity index (χ2v) is 6.28. The van der Waals surface area contributed by atoms with E-state index in [0.29, 0.717) is 0 Å². The molecule has 1 aliphatic carbocycles. The van der Waals surface area contributed by atoms with Crippen LogP contribution in [0.5, 0.6) is 0 Å². The molecule has 0 spiro atoms. The van der Waals surface area contributed by atoms with Gasteiger partial charge in [-0.05, 0) is 44.9 Å². The first-order chi connectivity index (χ1) is 9.07. The van der Waals surface area contributed by atoms with Crippen LogP contribution in [0.15, 0.2) is 24.3 Å². The van der Waals surface area contributed by atoms with Crippen LogP contribution < -0.4 is 0 Å². The summed E-state index contributed by atoms with van der Waals surface area (Å²) in [5.41, 5.74) is 2.81. The topological polar surface area (TPSA) is 0 Å². The minimum atomic E-state index is 0.799. The lowest BCUT2D eigenvalue weighted by atomic mass is 9.98. The minimum Gasteiger partial charge on any atom is -0.100 e. The molecule has 1 unspecified atom stereocenters. The van der Waals surface area contributed by atoms with Gasteiger partial charge in [-0.1, -0.05) is 70.1 Å². The molecule has 0 saturated heterocycles. The molecule has 0 heteroatoms. The van der Waals surface area contributed by atoms with E-state index < -0.39 is 0 Å². The van der Waals surface area contributed by atoms with Crippen LogP contribution in [0.25, 0.3) is 0 Å². The highest BCUT2D eigenvalue weighted by Gasteiger charge is 2.09. The minimum absolute atomic E-state index is 0.799. The molecule has 112 valence electrons. The zero-order chi connectivity index (χ0) is 14.5. The van der Waals surface area contributed by atoms with Gasteiger partial charge >= 0.3 is 0 Å². The highest BCUT2D eigenvalue weighted by atomic mass is 14.1. The summed E-state index contributed by atoms with van der Waals surface area (Å²) in [6.07, 6.45) is 15.0. The quantitative estimate of drug-likeness (QED) is 0.273. The van der Waals surface area contributed by atoms with E-state index in [1.165, 1.54) is 81.8 Å². The summed E-state index contributed by atoms with van der Waals surface area (Å²) in [7, 11) is 0. The van der Waals surface area contributed by atoms with Gasteiger partial charge in [-0.2, -0.15) is 0 Å². The molecule has 0 aromatic heterocycles. The van der Waals surface area contributed by atoms with Crippen LogP contribution in [-0.4, -0.2) is 0 Å². The van der Waals surface area contributed by atoms with Crippen LogP contribution in [0, 0.1) is 5.92 Å². The molecule has 0 aliphatic heterocycles. The van der Waals surface area contributed by atoms with Gasteiger partial charge in [-0.25, -0.2) is 0 Å². The van der Waals surface area contributed by atoms with E-state index in [0.717, 1.165) is 5.92 Å². The Morgan fingerprint density at radius 1 is 1.11 bits per heavy atom. The predicted molar refractivity (Wildman–Crippen MR) is 89.6 cm³/mol. The Morgan fingerprint density at radius 3 is 2.42 bits per heavy atom. The zero-order valence-corrected chi connectivity index (χ0v) is 13.8. The maximum atomic E-state index is 4.06. The van der Waals surface area contributed by atoms with Gasteiger partial charge in [-0.15, -0.1) is 6.58 Å². The molecular formula is C19H36. The summed E-state index contributed by atoms with van der Waals surface area (Å²) in [5.74, 6) is 0.799. The van der Waals surface area contributed by atoms with Gasteiger partial charge < -0.3 is 0 Å². The lowest BCUT2D eigenvalue weighted by Gasteiger charge is -2.08. The molecule has 1 atom stereocenters. The Labute approximate surface area is 122 Å². The van der Waals surface area contributed by atoms with Crippen molar-refractivity contribution in [2.45, 2.75) is 91.4 Å². The zero-order valence-electron chi connectivity index (χ0n) is 13.8. The maximum absolute atomic E-state index is 4.06. The number of hydrogen-bond donors (Lipinski definition) is 0. The summed E-state index contributed by atoms with van der Waals surface area (Å²) in [6, 6.07) is 0. The Balaban J connectivity index is 0.000000342. The highest BCUT2D eigenvalue weighted by molar-refractivity contribution is 4.99. The van der Waals surface area contributed by atoms with Gasteiger partial charge in [0.2, 0.25) is 0 Å². The summed E-state index contributed by atoms with van der Waals surface area (Å²) in [4.78, 5) is 0. The van der Waals surface area contributed by atoms with E-state index in [-0.39, 0.29) is 0 Å². The second-order valence-electron chi connectivity index (χ2n) is 6.28. The first-order valence-corrected chi connectivity index (χ1v) is 8.40. The third-order valence-corrected chi connectivity index (χ3v) is 4.04. The molecule has 0 nitrogen and oxygen atoms in total. The van der Waals surface area contributed by atoms with Crippen molar-refractivity contribution in [3.8, 4) is 0 Å². The van der Waals surface area contributed by atoms with Crippen LogP contribution in [0.3, 0.4) is 0 Å². The van der Waals surface area contributed by atoms with Crippen LogP contribution in [0.4, 0.5) is 0 Å². The largest absolute Gasteiger partial charge is 0.100 e. The molecule has 0 heterocycles. The third kappa shape index (κ3) is 12.3. The average molecular weight is 264 g/mol. The molecule has 0 N–H and O–H groups in total. The first-order valence-electron chi connectivity index (χ1n) is 8.40. The molecule has 0 aromatic rings. The van der Waals surface area contributed by atoms with Crippen molar-refractivity contribution in [1.82, 2.24) is 0 Å². The number of unbranched alkanes of at least 4 members (excludes halogenated alkanes) is 4. The molecule has 0 amide bonds. The molecule has 1 rings (SSSR count). The van der Waals surface area contributed by atoms with Crippen molar-refractivity contribution in [3.63, 3.8) is 0 Å². The predicted octanol–water partition coefficient (Wildman–Crippen LogP) is 7.07. The Hall–Kier alpha value is -0.520. The monoisotopic (exact) mass is 264 g/mol. The van der Waals surface area contributed by atoms with E-state index in [4.69, 9.17) is 0 Å². The third-order valence-electron chi connectivity index (χ3n) is 4.04. The SMILES string of the molecule is C=C(C)CCCCCCC.C=C1CCCCCC1C. The molecule has 19 heavy (non-hydrogen) atoms. The number of rotatable bonds is 6. The van der Waals surface area contributed by atoms with Gasteiger partial charge in [0, 0.05) is 0 Å². The molecule has 0 bridgehead atoms. The van der Waals surface area contributed by atoms with Gasteiger partial charge in [0.1, 0.15) is 0 Å². The first kappa shape index (κ1) is 18.5. The number of allylic oxidation sites excluding steroid dienone is 2. The summed E-state index contributed by atoms with van der Waals surface area (Å²) in [6.45, 7) is 14.6. The van der Waals surface area contributed by atoms with Crippen LogP contribution in [0.1, 0.15) is 91.4 Å². The van der Waals surface area contributed by atoms with Crippen molar-refractivity contribution in [2.24, 2.45) is 5.92 Å².